The van der Waals surface area contributed by atoms with Gasteiger partial charge in [-0.05, 0) is 42.0 Å². The summed E-state index contributed by atoms with van der Waals surface area (Å²) >= 11 is 0. The minimum absolute atomic E-state index is 0.00423. The first-order valence-electron chi connectivity index (χ1n) is 11.5. The summed E-state index contributed by atoms with van der Waals surface area (Å²) in [4.78, 5) is 39.7. The van der Waals surface area contributed by atoms with E-state index in [-0.39, 0.29) is 42.8 Å². The Morgan fingerprint density at radius 3 is 2.34 bits per heavy atom. The van der Waals surface area contributed by atoms with Crippen molar-refractivity contribution in [1.82, 2.24) is 19.8 Å². The lowest BCUT2D eigenvalue weighted by Gasteiger charge is -2.36. The van der Waals surface area contributed by atoms with Crippen LogP contribution < -0.4 is 9.64 Å². The maximum Gasteiger partial charge on any atom is 0.274 e. The molecular formula is C26H28FN5O3. The quantitative estimate of drug-likeness (QED) is 0.496. The van der Waals surface area contributed by atoms with E-state index in [1.807, 2.05) is 29.2 Å². The number of rotatable bonds is 8. The molecule has 182 valence electrons. The number of anilines is 1. The molecule has 1 saturated heterocycles. The highest BCUT2D eigenvalue weighted by Crippen LogP contribution is 2.21. The molecule has 4 rings (SSSR count). The first-order chi connectivity index (χ1) is 17.0. The van der Waals surface area contributed by atoms with Gasteiger partial charge in [0.25, 0.3) is 5.91 Å². The largest absolute Gasteiger partial charge is 0.497 e. The molecule has 0 atom stereocenters. The second-order valence-electron chi connectivity index (χ2n) is 8.26. The van der Waals surface area contributed by atoms with Gasteiger partial charge in [0.15, 0.2) is 0 Å². The molecule has 0 N–H and O–H groups in total. The van der Waals surface area contributed by atoms with Gasteiger partial charge < -0.3 is 19.4 Å². The van der Waals surface area contributed by atoms with E-state index in [0.717, 1.165) is 30.1 Å². The van der Waals surface area contributed by atoms with Crippen LogP contribution in [0.1, 0.15) is 22.5 Å². The van der Waals surface area contributed by atoms with Gasteiger partial charge in [-0.2, -0.15) is 0 Å². The fraction of sp³-hybridized carbons (Fsp3) is 0.308. The van der Waals surface area contributed by atoms with Gasteiger partial charge in [-0.15, -0.1) is 0 Å². The predicted molar refractivity (Wildman–Crippen MR) is 130 cm³/mol. The number of hydrogen-bond donors (Lipinski definition) is 0. The average molecular weight is 478 g/mol. The third kappa shape index (κ3) is 6.32. The van der Waals surface area contributed by atoms with Crippen molar-refractivity contribution >= 4 is 17.5 Å². The van der Waals surface area contributed by atoms with E-state index < -0.39 is 0 Å². The lowest BCUT2D eigenvalue weighted by molar-refractivity contribution is -0.131. The van der Waals surface area contributed by atoms with Gasteiger partial charge >= 0.3 is 0 Å². The second kappa shape index (κ2) is 11.4. The number of aromatic nitrogens is 2. The standard InChI is InChI=1S/C26H28FN5O3/c1-35-23-8-6-22(7-9-23)30-14-16-31(17-15-30)25(33)10-13-32(19-20-2-4-21(27)5-3-20)26(34)24-18-28-11-12-29-24/h2-9,11-12,18H,10,13-17,19H2,1H3. The average Bonchev–Trinajstić information content (AvgIpc) is 2.92. The summed E-state index contributed by atoms with van der Waals surface area (Å²) in [6, 6.07) is 13.9. The fourth-order valence-electron chi connectivity index (χ4n) is 4.03. The summed E-state index contributed by atoms with van der Waals surface area (Å²) in [6.07, 6.45) is 4.54. The van der Waals surface area contributed by atoms with Crippen molar-refractivity contribution in [3.05, 3.63) is 84.2 Å². The van der Waals surface area contributed by atoms with Crippen LogP contribution in [-0.4, -0.2) is 71.4 Å². The summed E-state index contributed by atoms with van der Waals surface area (Å²) in [5.74, 6) is 0.142. The molecule has 0 radical (unpaired) electrons. The summed E-state index contributed by atoms with van der Waals surface area (Å²) in [5.41, 5.74) is 2.07. The number of piperazine rings is 1. The predicted octanol–water partition coefficient (Wildman–Crippen LogP) is 3.01. The van der Waals surface area contributed by atoms with Gasteiger partial charge in [-0.1, -0.05) is 12.1 Å². The van der Waals surface area contributed by atoms with Crippen molar-refractivity contribution in [2.75, 3.05) is 44.7 Å². The van der Waals surface area contributed by atoms with E-state index in [1.165, 1.54) is 30.7 Å². The van der Waals surface area contributed by atoms with Gasteiger partial charge in [0.2, 0.25) is 5.91 Å². The zero-order chi connectivity index (χ0) is 24.6. The minimum Gasteiger partial charge on any atom is -0.497 e. The molecule has 2 aromatic carbocycles. The van der Waals surface area contributed by atoms with E-state index in [4.69, 9.17) is 4.74 Å². The minimum atomic E-state index is -0.343. The molecule has 0 spiro atoms. The van der Waals surface area contributed by atoms with Crippen LogP contribution in [0.3, 0.4) is 0 Å². The molecule has 1 aliphatic rings. The molecule has 1 aliphatic heterocycles. The monoisotopic (exact) mass is 477 g/mol. The van der Waals surface area contributed by atoms with Crippen LogP contribution in [0.4, 0.5) is 10.1 Å². The zero-order valence-corrected chi connectivity index (χ0v) is 19.6. The molecule has 1 fully saturated rings. The first kappa shape index (κ1) is 24.1. The van der Waals surface area contributed by atoms with Crippen molar-refractivity contribution in [2.24, 2.45) is 0 Å². The van der Waals surface area contributed by atoms with Crippen molar-refractivity contribution in [3.63, 3.8) is 0 Å². The molecule has 0 bridgehead atoms. The van der Waals surface area contributed by atoms with Gasteiger partial charge in [0, 0.05) is 63.8 Å². The van der Waals surface area contributed by atoms with Crippen LogP contribution in [0.5, 0.6) is 5.75 Å². The Morgan fingerprint density at radius 1 is 1.00 bits per heavy atom. The van der Waals surface area contributed by atoms with Crippen molar-refractivity contribution in [3.8, 4) is 5.75 Å². The summed E-state index contributed by atoms with van der Waals surface area (Å²) in [6.45, 7) is 3.16. The Kier molecular flexibility index (Phi) is 7.87. The second-order valence-corrected chi connectivity index (χ2v) is 8.26. The Hall–Kier alpha value is -4.01. The van der Waals surface area contributed by atoms with E-state index in [9.17, 15) is 14.0 Å². The highest BCUT2D eigenvalue weighted by molar-refractivity contribution is 5.92. The molecule has 2 heterocycles. The van der Waals surface area contributed by atoms with E-state index in [0.29, 0.717) is 13.1 Å². The third-order valence-electron chi connectivity index (χ3n) is 6.02. The Morgan fingerprint density at radius 2 is 1.71 bits per heavy atom. The molecule has 3 aromatic rings. The molecule has 9 heteroatoms. The molecule has 1 aromatic heterocycles. The highest BCUT2D eigenvalue weighted by Gasteiger charge is 2.24. The summed E-state index contributed by atoms with van der Waals surface area (Å²) in [5, 5.41) is 0. The van der Waals surface area contributed by atoms with Crippen molar-refractivity contribution in [1.29, 1.82) is 0 Å². The van der Waals surface area contributed by atoms with Crippen LogP contribution in [0.15, 0.2) is 67.1 Å². The molecular weight excluding hydrogens is 449 g/mol. The molecule has 8 nitrogen and oxygen atoms in total. The SMILES string of the molecule is COc1ccc(N2CCN(C(=O)CCN(Cc3ccc(F)cc3)C(=O)c3cnccn3)CC2)cc1. The molecule has 2 amide bonds. The molecule has 0 aliphatic carbocycles. The third-order valence-corrected chi connectivity index (χ3v) is 6.02. The number of ether oxygens (including phenoxy) is 1. The van der Waals surface area contributed by atoms with E-state index >= 15 is 0 Å². The molecule has 35 heavy (non-hydrogen) atoms. The topological polar surface area (TPSA) is 78.9 Å². The summed E-state index contributed by atoms with van der Waals surface area (Å²) < 4.78 is 18.5. The lowest BCUT2D eigenvalue weighted by atomic mass is 10.2. The Labute approximate surface area is 204 Å². The number of halogens is 1. The molecule has 0 unspecified atom stereocenters. The van der Waals surface area contributed by atoms with Gasteiger partial charge in [-0.3, -0.25) is 14.6 Å². The summed E-state index contributed by atoms with van der Waals surface area (Å²) in [7, 11) is 1.64. The smallest absolute Gasteiger partial charge is 0.274 e. The first-order valence-corrected chi connectivity index (χ1v) is 11.5. The number of methoxy groups -OCH3 is 1. The maximum absolute atomic E-state index is 13.3. The van der Waals surface area contributed by atoms with Crippen LogP contribution >= 0.6 is 0 Å². The fourth-order valence-corrected chi connectivity index (χ4v) is 4.03. The molecule has 0 saturated carbocycles. The van der Waals surface area contributed by atoms with Crippen molar-refractivity contribution in [2.45, 2.75) is 13.0 Å². The number of amides is 2. The number of benzene rings is 2. The number of hydrogen-bond acceptors (Lipinski definition) is 6. The van der Waals surface area contributed by atoms with Crippen LogP contribution in [-0.2, 0) is 11.3 Å². The van der Waals surface area contributed by atoms with E-state index in [2.05, 4.69) is 14.9 Å². The van der Waals surface area contributed by atoms with Crippen molar-refractivity contribution < 1.29 is 18.7 Å². The maximum atomic E-state index is 13.3. The van der Waals surface area contributed by atoms with Crippen LogP contribution in [0, 0.1) is 5.82 Å². The zero-order valence-electron chi connectivity index (χ0n) is 19.6. The normalized spacial score (nSPS) is 13.4. The number of carbonyl (C=O) groups excluding carboxylic acids is 2. The van der Waals surface area contributed by atoms with Crippen LogP contribution in [0.2, 0.25) is 0 Å². The highest BCUT2D eigenvalue weighted by atomic mass is 19.1. The van der Waals surface area contributed by atoms with Gasteiger partial charge in [-0.25, -0.2) is 9.37 Å². The number of carbonyl (C=O) groups is 2. The lowest BCUT2D eigenvalue weighted by Crippen LogP contribution is -2.49. The Balaban J connectivity index is 1.35. The Bertz CT molecular complexity index is 1120. The van der Waals surface area contributed by atoms with Crippen LogP contribution in [0.25, 0.3) is 0 Å². The van der Waals surface area contributed by atoms with Gasteiger partial charge in [0.05, 0.1) is 13.3 Å². The number of nitrogens with zero attached hydrogens (tertiary/aromatic N) is 5. The van der Waals surface area contributed by atoms with E-state index in [1.54, 1.807) is 24.1 Å². The van der Waals surface area contributed by atoms with Gasteiger partial charge in [0.1, 0.15) is 17.3 Å².